The van der Waals surface area contributed by atoms with E-state index >= 15 is 0 Å². The molecule has 2 aromatic carbocycles. The lowest BCUT2D eigenvalue weighted by molar-refractivity contribution is -0.131. The highest BCUT2D eigenvalue weighted by Gasteiger charge is 2.21. The lowest BCUT2D eigenvalue weighted by Crippen LogP contribution is -2.49. The molecule has 0 spiro atoms. The number of rotatable bonds is 5. The average molecular weight is 362 g/mol. The van der Waals surface area contributed by atoms with E-state index in [2.05, 4.69) is 48.3 Å². The maximum absolute atomic E-state index is 12.5. The summed E-state index contributed by atoms with van der Waals surface area (Å²) in [5, 5.41) is 12.1. The summed E-state index contributed by atoms with van der Waals surface area (Å²) in [5.41, 5.74) is 5.48. The van der Waals surface area contributed by atoms with Crippen LogP contribution in [0.2, 0.25) is 0 Å². The molecule has 1 fully saturated rings. The summed E-state index contributed by atoms with van der Waals surface area (Å²) in [6.45, 7) is 8.18. The summed E-state index contributed by atoms with van der Waals surface area (Å²) in [6, 6.07) is 15.8. The van der Waals surface area contributed by atoms with Crippen LogP contribution in [0, 0.1) is 25.2 Å². The minimum Gasteiger partial charge on any atom is -0.385 e. The third-order valence-electron chi connectivity index (χ3n) is 5.23. The Hall–Kier alpha value is -3.00. The highest BCUT2D eigenvalue weighted by molar-refractivity contribution is 5.77. The van der Waals surface area contributed by atoms with Crippen LogP contribution in [0.5, 0.6) is 0 Å². The van der Waals surface area contributed by atoms with Crippen molar-refractivity contribution in [1.82, 2.24) is 4.90 Å². The van der Waals surface area contributed by atoms with Gasteiger partial charge >= 0.3 is 0 Å². The first-order chi connectivity index (χ1) is 13.1. The van der Waals surface area contributed by atoms with E-state index in [4.69, 9.17) is 5.26 Å². The molecule has 1 saturated heterocycles. The molecule has 3 rings (SSSR count). The van der Waals surface area contributed by atoms with E-state index < -0.39 is 0 Å². The number of nitrogens with one attached hydrogen (secondary N) is 1. The van der Waals surface area contributed by atoms with Gasteiger partial charge in [-0.15, -0.1) is 0 Å². The fourth-order valence-corrected chi connectivity index (χ4v) is 3.41. The van der Waals surface area contributed by atoms with Gasteiger partial charge in [-0.05, 0) is 55.3 Å². The summed E-state index contributed by atoms with van der Waals surface area (Å²) >= 11 is 0. The molecule has 140 valence electrons. The maximum Gasteiger partial charge on any atom is 0.224 e. The molecule has 0 aromatic heterocycles. The van der Waals surface area contributed by atoms with Gasteiger partial charge in [0, 0.05) is 50.5 Å². The lowest BCUT2D eigenvalue weighted by Gasteiger charge is -2.37. The molecule has 0 unspecified atom stereocenters. The first kappa shape index (κ1) is 18.8. The Balaban J connectivity index is 1.45. The zero-order valence-electron chi connectivity index (χ0n) is 16.0. The number of piperazine rings is 1. The van der Waals surface area contributed by atoms with Gasteiger partial charge in [0.2, 0.25) is 5.91 Å². The molecule has 2 aromatic rings. The largest absolute Gasteiger partial charge is 0.385 e. The molecule has 0 atom stereocenters. The molecule has 1 aliphatic rings. The normalized spacial score (nSPS) is 14.0. The monoisotopic (exact) mass is 362 g/mol. The van der Waals surface area contributed by atoms with Crippen LogP contribution in [0.25, 0.3) is 0 Å². The van der Waals surface area contributed by atoms with Crippen LogP contribution in [0.15, 0.2) is 42.5 Å². The predicted octanol–water partition coefficient (Wildman–Crippen LogP) is 3.33. The summed E-state index contributed by atoms with van der Waals surface area (Å²) < 4.78 is 0. The molecule has 0 radical (unpaired) electrons. The highest BCUT2D eigenvalue weighted by atomic mass is 16.2. The number of amides is 1. The molecule has 1 amide bonds. The van der Waals surface area contributed by atoms with Gasteiger partial charge < -0.3 is 15.1 Å². The number of carbonyl (C=O) groups excluding carboxylic acids is 1. The Kier molecular flexibility index (Phi) is 5.97. The Bertz CT molecular complexity index is 830. The van der Waals surface area contributed by atoms with Crippen molar-refractivity contribution in [3.63, 3.8) is 0 Å². The van der Waals surface area contributed by atoms with Crippen LogP contribution in [0.4, 0.5) is 11.4 Å². The molecule has 27 heavy (non-hydrogen) atoms. The number of hydrogen-bond donors (Lipinski definition) is 1. The van der Waals surface area contributed by atoms with Gasteiger partial charge in [0.05, 0.1) is 11.6 Å². The van der Waals surface area contributed by atoms with Gasteiger partial charge in [0.25, 0.3) is 0 Å². The number of aryl methyl sites for hydroxylation is 1. The van der Waals surface area contributed by atoms with E-state index in [-0.39, 0.29) is 5.91 Å². The average Bonchev–Trinajstić information content (AvgIpc) is 2.70. The van der Waals surface area contributed by atoms with E-state index in [1.165, 1.54) is 16.8 Å². The quantitative estimate of drug-likeness (QED) is 0.886. The van der Waals surface area contributed by atoms with Crippen molar-refractivity contribution in [1.29, 1.82) is 5.26 Å². The first-order valence-corrected chi connectivity index (χ1v) is 9.41. The summed E-state index contributed by atoms with van der Waals surface area (Å²) in [4.78, 5) is 16.8. The Labute approximate surface area is 161 Å². The van der Waals surface area contributed by atoms with Gasteiger partial charge in [-0.3, -0.25) is 4.79 Å². The van der Waals surface area contributed by atoms with E-state index in [9.17, 15) is 4.79 Å². The Morgan fingerprint density at radius 2 is 1.78 bits per heavy atom. The number of anilines is 2. The smallest absolute Gasteiger partial charge is 0.224 e. The van der Waals surface area contributed by atoms with Gasteiger partial charge in [0.1, 0.15) is 0 Å². The molecule has 1 N–H and O–H groups in total. The molecule has 0 saturated carbocycles. The number of nitrogens with zero attached hydrogens (tertiary/aromatic N) is 3. The fraction of sp³-hybridized carbons (Fsp3) is 0.364. The van der Waals surface area contributed by atoms with Crippen molar-refractivity contribution in [2.24, 2.45) is 0 Å². The Morgan fingerprint density at radius 3 is 2.44 bits per heavy atom. The third kappa shape index (κ3) is 4.59. The van der Waals surface area contributed by atoms with E-state index in [1.54, 1.807) is 12.1 Å². The predicted molar refractivity (Wildman–Crippen MR) is 109 cm³/mol. The summed E-state index contributed by atoms with van der Waals surface area (Å²) in [7, 11) is 0. The highest BCUT2D eigenvalue weighted by Crippen LogP contribution is 2.24. The van der Waals surface area contributed by atoms with Crippen LogP contribution < -0.4 is 10.2 Å². The number of carbonyl (C=O) groups is 1. The van der Waals surface area contributed by atoms with Crippen molar-refractivity contribution >= 4 is 17.3 Å². The van der Waals surface area contributed by atoms with Gasteiger partial charge in [-0.1, -0.05) is 12.1 Å². The zero-order valence-corrected chi connectivity index (χ0v) is 16.0. The second kappa shape index (κ2) is 8.59. The van der Waals surface area contributed by atoms with Gasteiger partial charge in [-0.2, -0.15) is 5.26 Å². The van der Waals surface area contributed by atoms with Crippen LogP contribution in [0.1, 0.15) is 23.1 Å². The van der Waals surface area contributed by atoms with Crippen LogP contribution in [-0.2, 0) is 4.79 Å². The minimum absolute atomic E-state index is 0.191. The number of benzene rings is 2. The van der Waals surface area contributed by atoms with Crippen LogP contribution in [-0.4, -0.2) is 43.5 Å². The van der Waals surface area contributed by atoms with E-state index in [0.717, 1.165) is 31.9 Å². The van der Waals surface area contributed by atoms with Crippen molar-refractivity contribution in [2.45, 2.75) is 20.3 Å². The zero-order chi connectivity index (χ0) is 19.2. The van der Waals surface area contributed by atoms with Crippen molar-refractivity contribution < 1.29 is 4.79 Å². The molecule has 5 nitrogen and oxygen atoms in total. The number of nitriles is 1. The van der Waals surface area contributed by atoms with E-state index in [0.29, 0.717) is 18.5 Å². The van der Waals surface area contributed by atoms with Crippen LogP contribution >= 0.6 is 0 Å². The van der Waals surface area contributed by atoms with Crippen molar-refractivity contribution in [3.8, 4) is 6.07 Å². The van der Waals surface area contributed by atoms with Crippen LogP contribution in [0.3, 0.4) is 0 Å². The fourth-order valence-electron chi connectivity index (χ4n) is 3.41. The SMILES string of the molecule is Cc1cccc(N2CCN(C(=O)CCNc3ccc(C#N)cc3)CC2)c1C. The standard InChI is InChI=1S/C22H26N4O/c1-17-4-3-5-21(18(17)2)25-12-14-26(15-13-25)22(27)10-11-24-20-8-6-19(16-23)7-9-20/h3-9,24H,10-15H2,1-2H3. The molecular formula is C22H26N4O. The Morgan fingerprint density at radius 1 is 1.07 bits per heavy atom. The number of hydrogen-bond acceptors (Lipinski definition) is 4. The summed E-state index contributed by atoms with van der Waals surface area (Å²) in [5.74, 6) is 0.191. The van der Waals surface area contributed by atoms with Gasteiger partial charge in [-0.25, -0.2) is 0 Å². The molecule has 1 heterocycles. The molecule has 5 heteroatoms. The second-order valence-corrected chi connectivity index (χ2v) is 6.95. The minimum atomic E-state index is 0.191. The molecule has 0 bridgehead atoms. The topological polar surface area (TPSA) is 59.4 Å². The van der Waals surface area contributed by atoms with E-state index in [1.807, 2.05) is 17.0 Å². The third-order valence-corrected chi connectivity index (χ3v) is 5.23. The summed E-state index contributed by atoms with van der Waals surface area (Å²) in [6.07, 6.45) is 0.476. The van der Waals surface area contributed by atoms with Crippen molar-refractivity contribution in [3.05, 3.63) is 59.2 Å². The maximum atomic E-state index is 12.5. The van der Waals surface area contributed by atoms with Crippen molar-refractivity contribution in [2.75, 3.05) is 42.9 Å². The molecule has 0 aliphatic carbocycles. The first-order valence-electron chi connectivity index (χ1n) is 9.41. The molecular weight excluding hydrogens is 336 g/mol. The lowest BCUT2D eigenvalue weighted by atomic mass is 10.1. The second-order valence-electron chi connectivity index (χ2n) is 6.95. The van der Waals surface area contributed by atoms with Gasteiger partial charge in [0.15, 0.2) is 0 Å². The molecule has 1 aliphatic heterocycles.